The highest BCUT2D eigenvalue weighted by molar-refractivity contribution is 5.83. The summed E-state index contributed by atoms with van der Waals surface area (Å²) in [5.74, 6) is -0.839. The molecule has 0 radical (unpaired) electrons. The Hall–Kier alpha value is -1.97. The van der Waals surface area contributed by atoms with Gasteiger partial charge >= 0.3 is 5.97 Å². The van der Waals surface area contributed by atoms with Gasteiger partial charge in [-0.2, -0.15) is 0 Å². The standard InChI is InChI=1S/C13H13NO3/c15-11-4-2-8-5-10-3-1-9(13(16)17)7-14(10)12(8)6-11/h2,4-6,9,15H,1,3,7H2,(H,16,17). The van der Waals surface area contributed by atoms with E-state index in [1.54, 1.807) is 12.1 Å². The summed E-state index contributed by atoms with van der Waals surface area (Å²) >= 11 is 0. The van der Waals surface area contributed by atoms with Crippen molar-refractivity contribution in [1.29, 1.82) is 0 Å². The lowest BCUT2D eigenvalue weighted by Crippen LogP contribution is -2.26. The molecule has 2 heterocycles. The molecule has 2 aromatic rings. The van der Waals surface area contributed by atoms with Crippen LogP contribution in [0.4, 0.5) is 0 Å². The van der Waals surface area contributed by atoms with Gasteiger partial charge in [0.05, 0.1) is 11.4 Å². The predicted octanol–water partition coefficient (Wildman–Crippen LogP) is 1.99. The van der Waals surface area contributed by atoms with Crippen LogP contribution in [0.5, 0.6) is 5.75 Å². The molecule has 1 unspecified atom stereocenters. The van der Waals surface area contributed by atoms with E-state index in [9.17, 15) is 9.90 Å². The van der Waals surface area contributed by atoms with Crippen molar-refractivity contribution in [3.63, 3.8) is 0 Å². The summed E-state index contributed by atoms with van der Waals surface area (Å²) in [6, 6.07) is 7.30. The molecule has 4 nitrogen and oxygen atoms in total. The van der Waals surface area contributed by atoms with Crippen molar-refractivity contribution < 1.29 is 15.0 Å². The number of aliphatic carboxylic acids is 1. The maximum absolute atomic E-state index is 11.0. The van der Waals surface area contributed by atoms with Gasteiger partial charge in [-0.05, 0) is 31.0 Å². The Balaban J connectivity index is 2.13. The topological polar surface area (TPSA) is 62.5 Å². The number of benzene rings is 1. The third-order valence-electron chi connectivity index (χ3n) is 3.47. The lowest BCUT2D eigenvalue weighted by atomic mass is 9.98. The summed E-state index contributed by atoms with van der Waals surface area (Å²) in [6.45, 7) is 0.498. The summed E-state index contributed by atoms with van der Waals surface area (Å²) in [5, 5.41) is 19.6. The minimum Gasteiger partial charge on any atom is -0.508 e. The van der Waals surface area contributed by atoms with E-state index in [2.05, 4.69) is 6.07 Å². The van der Waals surface area contributed by atoms with E-state index in [4.69, 9.17) is 5.11 Å². The van der Waals surface area contributed by atoms with Crippen molar-refractivity contribution in [1.82, 2.24) is 4.57 Å². The molecular weight excluding hydrogens is 218 g/mol. The van der Waals surface area contributed by atoms with E-state index in [1.165, 1.54) is 0 Å². The molecule has 2 N–H and O–H groups in total. The number of carboxylic acid groups (broad SMARTS) is 1. The number of fused-ring (bicyclic) bond motifs is 3. The third kappa shape index (κ3) is 1.56. The number of phenolic OH excluding ortho intramolecular Hbond substituents is 1. The Kier molecular flexibility index (Phi) is 2.11. The van der Waals surface area contributed by atoms with Gasteiger partial charge in [0.2, 0.25) is 0 Å². The molecule has 0 aliphatic carbocycles. The number of rotatable bonds is 1. The molecule has 1 aromatic heterocycles. The van der Waals surface area contributed by atoms with Gasteiger partial charge in [-0.15, -0.1) is 0 Å². The first kappa shape index (κ1) is 10.2. The Morgan fingerprint density at radius 1 is 1.35 bits per heavy atom. The summed E-state index contributed by atoms with van der Waals surface area (Å²) in [6.07, 6.45) is 1.48. The van der Waals surface area contributed by atoms with Crippen molar-refractivity contribution in [3.05, 3.63) is 30.0 Å². The number of phenols is 1. The minimum atomic E-state index is -0.738. The van der Waals surface area contributed by atoms with Gasteiger partial charge in [0, 0.05) is 23.7 Å². The maximum atomic E-state index is 11.0. The van der Waals surface area contributed by atoms with Crippen LogP contribution in [0.2, 0.25) is 0 Å². The molecule has 1 aliphatic heterocycles. The molecule has 3 rings (SSSR count). The number of aromatic hydroxyl groups is 1. The monoisotopic (exact) mass is 231 g/mol. The first-order valence-electron chi connectivity index (χ1n) is 5.69. The number of carboxylic acids is 1. The average molecular weight is 231 g/mol. The molecule has 1 aromatic carbocycles. The van der Waals surface area contributed by atoms with Crippen molar-refractivity contribution in [2.24, 2.45) is 5.92 Å². The first-order chi connectivity index (χ1) is 8.15. The van der Waals surface area contributed by atoms with Crippen LogP contribution in [0.1, 0.15) is 12.1 Å². The van der Waals surface area contributed by atoms with Crippen LogP contribution in [0.25, 0.3) is 10.9 Å². The number of carbonyl (C=O) groups is 1. The summed E-state index contributed by atoms with van der Waals surface area (Å²) in [5.41, 5.74) is 2.08. The van der Waals surface area contributed by atoms with Crippen molar-refractivity contribution >= 4 is 16.9 Å². The van der Waals surface area contributed by atoms with E-state index >= 15 is 0 Å². The van der Waals surface area contributed by atoms with Crippen LogP contribution in [0, 0.1) is 5.92 Å². The molecular formula is C13H13NO3. The molecule has 17 heavy (non-hydrogen) atoms. The Bertz CT molecular complexity index is 600. The smallest absolute Gasteiger partial charge is 0.308 e. The van der Waals surface area contributed by atoms with Gasteiger partial charge < -0.3 is 14.8 Å². The Labute approximate surface area is 98.1 Å². The molecule has 88 valence electrons. The summed E-state index contributed by atoms with van der Waals surface area (Å²) < 4.78 is 2.01. The first-order valence-corrected chi connectivity index (χ1v) is 5.69. The van der Waals surface area contributed by atoms with Crippen LogP contribution in [0.15, 0.2) is 24.3 Å². The SMILES string of the molecule is O=C(O)C1CCc2cc3ccc(O)cc3n2C1. The molecule has 0 amide bonds. The zero-order chi connectivity index (χ0) is 12.0. The normalized spacial score (nSPS) is 19.2. The van der Waals surface area contributed by atoms with Crippen LogP contribution < -0.4 is 0 Å². The second-order valence-corrected chi connectivity index (χ2v) is 4.56. The second kappa shape index (κ2) is 3.52. The summed E-state index contributed by atoms with van der Waals surface area (Å²) in [7, 11) is 0. The highest BCUT2D eigenvalue weighted by atomic mass is 16.4. The van der Waals surface area contributed by atoms with E-state index in [0.29, 0.717) is 13.0 Å². The van der Waals surface area contributed by atoms with Crippen molar-refractivity contribution in [2.75, 3.05) is 0 Å². The predicted molar refractivity (Wildman–Crippen MR) is 63.0 cm³/mol. The zero-order valence-corrected chi connectivity index (χ0v) is 9.26. The van der Waals surface area contributed by atoms with Gasteiger partial charge in [-0.25, -0.2) is 0 Å². The minimum absolute atomic E-state index is 0.218. The van der Waals surface area contributed by atoms with Gasteiger partial charge in [0.15, 0.2) is 0 Å². The molecule has 0 bridgehead atoms. The fourth-order valence-corrected chi connectivity index (χ4v) is 2.56. The zero-order valence-electron chi connectivity index (χ0n) is 9.26. The molecule has 4 heteroatoms. The maximum Gasteiger partial charge on any atom is 0.308 e. The fourth-order valence-electron chi connectivity index (χ4n) is 2.56. The van der Waals surface area contributed by atoms with Gasteiger partial charge in [-0.3, -0.25) is 4.79 Å². The van der Waals surface area contributed by atoms with Gasteiger partial charge in [0.25, 0.3) is 0 Å². The van der Waals surface area contributed by atoms with E-state index in [0.717, 1.165) is 23.0 Å². The number of nitrogens with zero attached hydrogens (tertiary/aromatic N) is 1. The molecule has 0 spiro atoms. The number of aryl methyl sites for hydroxylation is 1. The van der Waals surface area contributed by atoms with Crippen molar-refractivity contribution in [3.8, 4) is 5.75 Å². The van der Waals surface area contributed by atoms with E-state index in [-0.39, 0.29) is 11.7 Å². The van der Waals surface area contributed by atoms with Crippen LogP contribution in [0.3, 0.4) is 0 Å². The highest BCUT2D eigenvalue weighted by Gasteiger charge is 2.25. The van der Waals surface area contributed by atoms with Crippen molar-refractivity contribution in [2.45, 2.75) is 19.4 Å². The molecule has 1 aliphatic rings. The fraction of sp³-hybridized carbons (Fsp3) is 0.308. The lowest BCUT2D eigenvalue weighted by Gasteiger charge is -2.22. The number of hydrogen-bond acceptors (Lipinski definition) is 2. The highest BCUT2D eigenvalue weighted by Crippen LogP contribution is 2.29. The molecule has 0 saturated carbocycles. The number of hydrogen-bond donors (Lipinski definition) is 2. The Morgan fingerprint density at radius 3 is 2.94 bits per heavy atom. The number of aromatic nitrogens is 1. The molecule has 0 fully saturated rings. The van der Waals surface area contributed by atoms with E-state index < -0.39 is 5.97 Å². The second-order valence-electron chi connectivity index (χ2n) is 4.56. The quantitative estimate of drug-likeness (QED) is 0.789. The van der Waals surface area contributed by atoms with Gasteiger partial charge in [0.1, 0.15) is 5.75 Å². The third-order valence-corrected chi connectivity index (χ3v) is 3.47. The lowest BCUT2D eigenvalue weighted by molar-refractivity contribution is -0.142. The van der Waals surface area contributed by atoms with Crippen LogP contribution in [-0.4, -0.2) is 20.7 Å². The Morgan fingerprint density at radius 2 is 2.18 bits per heavy atom. The average Bonchev–Trinajstić information content (AvgIpc) is 2.66. The van der Waals surface area contributed by atoms with Crippen LogP contribution >= 0.6 is 0 Å². The largest absolute Gasteiger partial charge is 0.508 e. The van der Waals surface area contributed by atoms with E-state index in [1.807, 2.05) is 10.6 Å². The van der Waals surface area contributed by atoms with Crippen LogP contribution in [-0.2, 0) is 17.8 Å². The van der Waals surface area contributed by atoms with Gasteiger partial charge in [-0.1, -0.05) is 0 Å². The summed E-state index contributed by atoms with van der Waals surface area (Å²) in [4.78, 5) is 11.0. The molecule has 1 atom stereocenters. The molecule has 0 saturated heterocycles.